The summed E-state index contributed by atoms with van der Waals surface area (Å²) in [6.45, 7) is 1.91. The second kappa shape index (κ2) is 5.10. The molecule has 0 saturated carbocycles. The Morgan fingerprint density at radius 3 is 2.76 bits per heavy atom. The van der Waals surface area contributed by atoms with Crippen molar-refractivity contribution in [2.24, 2.45) is 0 Å². The minimum Gasteiger partial charge on any atom is -0.294 e. The lowest BCUT2D eigenvalue weighted by Gasteiger charge is -2.00. The number of halogens is 2. The van der Waals surface area contributed by atoms with Gasteiger partial charge in [-0.1, -0.05) is 12.1 Å². The van der Waals surface area contributed by atoms with Crippen molar-refractivity contribution in [3.63, 3.8) is 0 Å². The molecule has 0 N–H and O–H groups in total. The summed E-state index contributed by atoms with van der Waals surface area (Å²) in [6, 6.07) is 7.97. The molecular formula is C13H10BrFOS. The van der Waals surface area contributed by atoms with Crippen LogP contribution in [-0.4, -0.2) is 5.78 Å². The largest absolute Gasteiger partial charge is 0.294 e. The molecule has 0 aliphatic rings. The van der Waals surface area contributed by atoms with Crippen LogP contribution >= 0.6 is 27.3 Å². The van der Waals surface area contributed by atoms with Gasteiger partial charge >= 0.3 is 0 Å². The Morgan fingerprint density at radius 1 is 1.41 bits per heavy atom. The monoisotopic (exact) mass is 312 g/mol. The second-order valence-electron chi connectivity index (χ2n) is 3.75. The predicted molar refractivity (Wildman–Crippen MR) is 71.2 cm³/mol. The summed E-state index contributed by atoms with van der Waals surface area (Å²) in [4.78, 5) is 13.0. The van der Waals surface area contributed by atoms with Crippen LogP contribution in [0.25, 0.3) is 0 Å². The number of carbonyl (C=O) groups is 1. The van der Waals surface area contributed by atoms with Gasteiger partial charge in [0.25, 0.3) is 0 Å². The van der Waals surface area contributed by atoms with Gasteiger partial charge in [-0.2, -0.15) is 0 Å². The third-order valence-electron chi connectivity index (χ3n) is 2.44. The van der Waals surface area contributed by atoms with Crippen LogP contribution in [0.1, 0.15) is 20.8 Å². The van der Waals surface area contributed by atoms with Crippen molar-refractivity contribution in [2.75, 3.05) is 0 Å². The molecule has 1 nitrogen and oxygen atoms in total. The molecule has 1 heterocycles. The molecule has 88 valence electrons. The lowest BCUT2D eigenvalue weighted by atomic mass is 10.0. The lowest BCUT2D eigenvalue weighted by Crippen LogP contribution is -2.03. The highest BCUT2D eigenvalue weighted by molar-refractivity contribution is 9.11. The Morgan fingerprint density at radius 2 is 2.18 bits per heavy atom. The minimum atomic E-state index is -0.307. The van der Waals surface area contributed by atoms with Crippen LogP contribution in [0.4, 0.5) is 4.39 Å². The van der Waals surface area contributed by atoms with Gasteiger partial charge in [-0.25, -0.2) is 4.39 Å². The first-order valence-electron chi connectivity index (χ1n) is 5.10. The standard InChI is InChI=1S/C13H10BrFOS/c1-8-11(7-13(14)17-8)12(16)6-9-3-2-4-10(15)5-9/h2-5,7H,6H2,1H3. The van der Waals surface area contributed by atoms with Crippen LogP contribution in [0.3, 0.4) is 0 Å². The number of ketones is 1. The molecule has 0 aliphatic heterocycles. The fourth-order valence-corrected chi connectivity index (χ4v) is 3.36. The molecule has 0 fully saturated rings. The molecule has 2 rings (SSSR count). The van der Waals surface area contributed by atoms with Crippen molar-refractivity contribution in [3.8, 4) is 0 Å². The summed E-state index contributed by atoms with van der Waals surface area (Å²) < 4.78 is 13.9. The minimum absolute atomic E-state index is 0.0232. The highest BCUT2D eigenvalue weighted by Crippen LogP contribution is 2.27. The van der Waals surface area contributed by atoms with E-state index < -0.39 is 0 Å². The van der Waals surface area contributed by atoms with E-state index >= 15 is 0 Å². The smallest absolute Gasteiger partial charge is 0.168 e. The van der Waals surface area contributed by atoms with E-state index in [9.17, 15) is 9.18 Å². The molecule has 0 radical (unpaired) electrons. The maximum absolute atomic E-state index is 13.0. The van der Waals surface area contributed by atoms with Crippen molar-refractivity contribution in [1.29, 1.82) is 0 Å². The zero-order valence-corrected chi connectivity index (χ0v) is 11.6. The van der Waals surface area contributed by atoms with E-state index in [0.717, 1.165) is 8.66 Å². The van der Waals surface area contributed by atoms with E-state index in [1.165, 1.54) is 23.5 Å². The van der Waals surface area contributed by atoms with Gasteiger partial charge in [0.1, 0.15) is 5.82 Å². The molecule has 4 heteroatoms. The van der Waals surface area contributed by atoms with Gasteiger partial charge in [-0.3, -0.25) is 4.79 Å². The van der Waals surface area contributed by atoms with Crippen molar-refractivity contribution < 1.29 is 9.18 Å². The Balaban J connectivity index is 2.20. The quantitative estimate of drug-likeness (QED) is 0.768. The summed E-state index contributed by atoms with van der Waals surface area (Å²) in [5.74, 6) is -0.284. The summed E-state index contributed by atoms with van der Waals surface area (Å²) in [5.41, 5.74) is 1.42. The molecule has 0 amide bonds. The first-order valence-corrected chi connectivity index (χ1v) is 6.71. The van der Waals surface area contributed by atoms with Crippen LogP contribution in [0.15, 0.2) is 34.1 Å². The molecule has 0 spiro atoms. The zero-order chi connectivity index (χ0) is 12.4. The summed E-state index contributed by atoms with van der Waals surface area (Å²) in [5, 5.41) is 0. The van der Waals surface area contributed by atoms with Crippen molar-refractivity contribution >= 4 is 33.0 Å². The number of thiophene rings is 1. The van der Waals surface area contributed by atoms with E-state index in [2.05, 4.69) is 15.9 Å². The van der Waals surface area contributed by atoms with Crippen molar-refractivity contribution in [3.05, 3.63) is 55.9 Å². The first kappa shape index (κ1) is 12.5. The van der Waals surface area contributed by atoms with E-state index in [4.69, 9.17) is 0 Å². The molecule has 17 heavy (non-hydrogen) atoms. The second-order valence-corrected chi connectivity index (χ2v) is 6.39. The third kappa shape index (κ3) is 3.01. The fraction of sp³-hybridized carbons (Fsp3) is 0.154. The summed E-state index contributed by atoms with van der Waals surface area (Å²) >= 11 is 4.89. The third-order valence-corrected chi connectivity index (χ3v) is 4.00. The topological polar surface area (TPSA) is 17.1 Å². The van der Waals surface area contributed by atoms with Crippen LogP contribution in [0.2, 0.25) is 0 Å². The molecule has 0 bridgehead atoms. The van der Waals surface area contributed by atoms with E-state index in [0.29, 0.717) is 11.1 Å². The number of hydrogen-bond acceptors (Lipinski definition) is 2. The van der Waals surface area contributed by atoms with E-state index in [1.807, 2.05) is 13.0 Å². The van der Waals surface area contributed by atoms with Gasteiger partial charge in [-0.15, -0.1) is 11.3 Å². The van der Waals surface area contributed by atoms with Crippen LogP contribution in [-0.2, 0) is 6.42 Å². The molecule has 0 atom stereocenters. The van der Waals surface area contributed by atoms with Crippen LogP contribution < -0.4 is 0 Å². The number of Topliss-reactive ketones (excluding diaryl/α,β-unsaturated/α-hetero) is 1. The maximum atomic E-state index is 13.0. The molecule has 0 unspecified atom stereocenters. The molecular weight excluding hydrogens is 303 g/mol. The Labute approximate surface area is 111 Å². The van der Waals surface area contributed by atoms with Gasteiger partial charge < -0.3 is 0 Å². The molecule has 1 aromatic carbocycles. The predicted octanol–water partition coefficient (Wildman–Crippen LogP) is 4.38. The highest BCUT2D eigenvalue weighted by Gasteiger charge is 2.13. The Kier molecular flexibility index (Phi) is 3.74. The van der Waals surface area contributed by atoms with Gasteiger partial charge in [0.15, 0.2) is 5.78 Å². The number of hydrogen-bond donors (Lipinski definition) is 0. The lowest BCUT2D eigenvalue weighted by molar-refractivity contribution is 0.0993. The Bertz CT molecular complexity index is 562. The summed E-state index contributed by atoms with van der Waals surface area (Å²) in [7, 11) is 0. The van der Waals surface area contributed by atoms with Crippen LogP contribution in [0.5, 0.6) is 0 Å². The molecule has 2 aromatic rings. The first-order chi connectivity index (χ1) is 8.06. The van der Waals surface area contributed by atoms with Crippen LogP contribution in [0, 0.1) is 12.7 Å². The van der Waals surface area contributed by atoms with E-state index in [1.54, 1.807) is 12.1 Å². The maximum Gasteiger partial charge on any atom is 0.168 e. The van der Waals surface area contributed by atoms with E-state index in [-0.39, 0.29) is 18.0 Å². The average molecular weight is 313 g/mol. The van der Waals surface area contributed by atoms with Gasteiger partial charge in [-0.05, 0) is 46.6 Å². The Hall–Kier alpha value is -1.00. The summed E-state index contributed by atoms with van der Waals surface area (Å²) in [6.07, 6.45) is 0.238. The average Bonchev–Trinajstić information content (AvgIpc) is 2.58. The highest BCUT2D eigenvalue weighted by atomic mass is 79.9. The zero-order valence-electron chi connectivity index (χ0n) is 9.17. The fourth-order valence-electron chi connectivity index (χ4n) is 1.65. The number of rotatable bonds is 3. The number of benzene rings is 1. The molecule has 0 saturated heterocycles. The molecule has 0 aliphatic carbocycles. The number of aryl methyl sites for hydroxylation is 1. The van der Waals surface area contributed by atoms with Gasteiger partial charge in [0, 0.05) is 16.9 Å². The number of carbonyl (C=O) groups excluding carboxylic acids is 1. The van der Waals surface area contributed by atoms with Gasteiger partial charge in [0.05, 0.1) is 3.79 Å². The molecule has 1 aromatic heterocycles. The SMILES string of the molecule is Cc1sc(Br)cc1C(=O)Cc1cccc(F)c1. The van der Waals surface area contributed by atoms with Crippen molar-refractivity contribution in [1.82, 2.24) is 0 Å². The normalized spacial score (nSPS) is 10.5. The van der Waals surface area contributed by atoms with Crippen molar-refractivity contribution in [2.45, 2.75) is 13.3 Å². The van der Waals surface area contributed by atoms with Gasteiger partial charge in [0.2, 0.25) is 0 Å².